The number of carbonyl (C=O) groups excluding carboxylic acids is 2. The summed E-state index contributed by atoms with van der Waals surface area (Å²) in [6.45, 7) is -0.347. The number of halogens is 10. The minimum atomic E-state index is -5.01. The second-order valence-electron chi connectivity index (χ2n) is 7.20. The molecular formula is C22H15BrCl3F6NO2. The van der Waals surface area contributed by atoms with Crippen LogP contribution in [0.5, 0.6) is 0 Å². The van der Waals surface area contributed by atoms with Gasteiger partial charge in [-0.15, -0.1) is 0 Å². The number of amides is 1. The molecule has 2 aromatic carbocycles. The van der Waals surface area contributed by atoms with Gasteiger partial charge in [-0.05, 0) is 41.8 Å². The number of alkyl halides is 6. The van der Waals surface area contributed by atoms with Crippen molar-refractivity contribution >= 4 is 68.5 Å². The molecule has 0 aliphatic carbocycles. The van der Waals surface area contributed by atoms with Crippen molar-refractivity contribution in [2.75, 3.05) is 6.54 Å². The molecular weight excluding hydrogens is 610 g/mol. The fourth-order valence-corrected chi connectivity index (χ4v) is 4.15. The molecule has 0 heterocycles. The fraction of sp³-hybridized carbons (Fsp3) is 0.273. The molecule has 0 bridgehead atoms. The van der Waals surface area contributed by atoms with Crippen LogP contribution in [0.2, 0.25) is 15.1 Å². The van der Waals surface area contributed by atoms with E-state index in [0.29, 0.717) is 5.56 Å². The molecule has 1 amide bonds. The molecule has 0 aromatic heterocycles. The smallest absolute Gasteiger partial charge is 0.348 e. The minimum absolute atomic E-state index is 0.0335. The Balaban J connectivity index is 2.12. The van der Waals surface area contributed by atoms with E-state index in [-0.39, 0.29) is 50.1 Å². The molecule has 190 valence electrons. The van der Waals surface area contributed by atoms with Gasteiger partial charge in [-0.2, -0.15) is 26.3 Å². The molecule has 0 radical (unpaired) electrons. The van der Waals surface area contributed by atoms with E-state index in [1.807, 2.05) is 0 Å². The lowest BCUT2D eigenvalue weighted by atomic mass is 9.96. The van der Waals surface area contributed by atoms with Gasteiger partial charge in [-0.25, -0.2) is 0 Å². The zero-order valence-corrected chi connectivity index (χ0v) is 21.2. The summed E-state index contributed by atoms with van der Waals surface area (Å²) in [6, 6.07) is 6.36. The van der Waals surface area contributed by atoms with Crippen LogP contribution in [0.3, 0.4) is 0 Å². The normalized spacial score (nSPS) is 13.2. The van der Waals surface area contributed by atoms with Crippen molar-refractivity contribution in [2.24, 2.45) is 0 Å². The number of benzene rings is 2. The van der Waals surface area contributed by atoms with Crippen LogP contribution < -0.4 is 5.32 Å². The average molecular weight is 626 g/mol. The number of allylic oxidation sites excluding steroid dienone is 1. The SMILES string of the molecule is O=C(CCCNC(=O)C(F)(F)F)c1ccc(/C=C/C(c2cc(Cl)c(Cl)c(Cl)c2)C(F)(F)F)cc1Br. The largest absolute Gasteiger partial charge is 0.471 e. The molecule has 0 aliphatic rings. The van der Waals surface area contributed by atoms with Crippen molar-refractivity contribution in [1.29, 1.82) is 0 Å². The monoisotopic (exact) mass is 623 g/mol. The van der Waals surface area contributed by atoms with Crippen molar-refractivity contribution in [3.05, 3.63) is 72.6 Å². The third-order valence-electron chi connectivity index (χ3n) is 4.62. The Hall–Kier alpha value is -1.75. The van der Waals surface area contributed by atoms with Crippen LogP contribution in [0, 0.1) is 0 Å². The highest BCUT2D eigenvalue weighted by Crippen LogP contribution is 2.41. The highest BCUT2D eigenvalue weighted by atomic mass is 79.9. The first-order valence-corrected chi connectivity index (χ1v) is 11.6. The number of nitrogens with one attached hydrogen (secondary N) is 1. The summed E-state index contributed by atoms with van der Waals surface area (Å²) in [6.07, 6.45) is -7.74. The molecule has 0 spiro atoms. The Morgan fingerprint density at radius 2 is 1.60 bits per heavy atom. The third kappa shape index (κ3) is 8.41. The van der Waals surface area contributed by atoms with Crippen molar-refractivity contribution in [1.82, 2.24) is 5.32 Å². The van der Waals surface area contributed by atoms with Crippen molar-refractivity contribution in [2.45, 2.75) is 31.1 Å². The van der Waals surface area contributed by atoms with Gasteiger partial charge in [0.25, 0.3) is 0 Å². The minimum Gasteiger partial charge on any atom is -0.348 e. The van der Waals surface area contributed by atoms with E-state index in [0.717, 1.165) is 18.2 Å². The number of hydrogen-bond acceptors (Lipinski definition) is 2. The van der Waals surface area contributed by atoms with Gasteiger partial charge in [0.15, 0.2) is 5.78 Å². The third-order valence-corrected chi connectivity index (χ3v) is 6.47. The molecule has 1 atom stereocenters. The van der Waals surface area contributed by atoms with Crippen molar-refractivity contribution in [3.8, 4) is 0 Å². The molecule has 1 unspecified atom stereocenters. The maximum atomic E-state index is 13.7. The van der Waals surface area contributed by atoms with Crippen LogP contribution >= 0.6 is 50.7 Å². The zero-order chi connectivity index (χ0) is 26.6. The van der Waals surface area contributed by atoms with Gasteiger partial charge < -0.3 is 5.32 Å². The van der Waals surface area contributed by atoms with E-state index >= 15 is 0 Å². The lowest BCUT2D eigenvalue weighted by Crippen LogP contribution is -2.37. The second-order valence-corrected chi connectivity index (χ2v) is 9.24. The first-order chi connectivity index (χ1) is 16.1. The Kier molecular flexibility index (Phi) is 10.1. The molecule has 3 nitrogen and oxygen atoms in total. The summed E-state index contributed by atoms with van der Waals surface area (Å²) in [7, 11) is 0. The molecule has 2 rings (SSSR count). The molecule has 0 saturated heterocycles. The standard InChI is InChI=1S/C22H15BrCl3F6NO2/c23-15-8-11(3-5-13(15)18(34)2-1-7-33-20(35)22(30,31)32)4-6-14(21(27,28)29)12-9-16(24)19(26)17(25)10-12/h3-6,8-10,14H,1-2,7H2,(H,33,35)/b6-4+. The Morgan fingerprint density at radius 1 is 1.00 bits per heavy atom. The topological polar surface area (TPSA) is 46.2 Å². The Labute approximate surface area is 219 Å². The lowest BCUT2D eigenvalue weighted by Gasteiger charge is -2.18. The van der Waals surface area contributed by atoms with Gasteiger partial charge >= 0.3 is 18.3 Å². The van der Waals surface area contributed by atoms with Gasteiger partial charge in [-0.3, -0.25) is 9.59 Å². The van der Waals surface area contributed by atoms with Crippen LogP contribution in [0.25, 0.3) is 6.08 Å². The molecule has 1 N–H and O–H groups in total. The van der Waals surface area contributed by atoms with Crippen molar-refractivity contribution < 1.29 is 35.9 Å². The van der Waals surface area contributed by atoms with E-state index < -0.39 is 30.0 Å². The first kappa shape index (κ1) is 29.5. The summed E-state index contributed by atoms with van der Waals surface area (Å²) in [5.41, 5.74) is 0.316. The van der Waals surface area contributed by atoms with E-state index in [1.165, 1.54) is 24.3 Å². The molecule has 2 aromatic rings. The summed E-state index contributed by atoms with van der Waals surface area (Å²) in [5, 5.41) is 1.35. The van der Waals surface area contributed by atoms with Gasteiger partial charge in [0.2, 0.25) is 0 Å². The van der Waals surface area contributed by atoms with E-state index in [4.69, 9.17) is 34.8 Å². The van der Waals surface area contributed by atoms with Crippen LogP contribution in [-0.4, -0.2) is 30.6 Å². The predicted molar refractivity (Wildman–Crippen MR) is 126 cm³/mol. The molecule has 0 fully saturated rings. The van der Waals surface area contributed by atoms with Crippen molar-refractivity contribution in [3.63, 3.8) is 0 Å². The Bertz CT molecular complexity index is 1110. The quantitative estimate of drug-likeness (QED) is 0.139. The predicted octanol–water partition coefficient (Wildman–Crippen LogP) is 8.41. The maximum absolute atomic E-state index is 13.7. The first-order valence-electron chi connectivity index (χ1n) is 9.68. The second kappa shape index (κ2) is 12.0. The summed E-state index contributed by atoms with van der Waals surface area (Å²) < 4.78 is 77.7. The Morgan fingerprint density at radius 3 is 2.11 bits per heavy atom. The molecule has 13 heteroatoms. The number of Topliss-reactive ketones (excluding diaryl/α,β-unsaturated/α-hetero) is 1. The summed E-state index contributed by atoms with van der Waals surface area (Å²) >= 11 is 20.7. The maximum Gasteiger partial charge on any atom is 0.471 e. The van der Waals surface area contributed by atoms with E-state index in [9.17, 15) is 35.9 Å². The highest BCUT2D eigenvalue weighted by Gasteiger charge is 2.39. The summed E-state index contributed by atoms with van der Waals surface area (Å²) in [5.74, 6) is -4.56. The number of rotatable bonds is 8. The number of hydrogen-bond donors (Lipinski definition) is 1. The van der Waals surface area contributed by atoms with Crippen LogP contribution in [0.15, 0.2) is 40.9 Å². The van der Waals surface area contributed by atoms with Crippen LogP contribution in [-0.2, 0) is 4.79 Å². The summed E-state index contributed by atoms with van der Waals surface area (Å²) in [4.78, 5) is 23.1. The number of ketones is 1. The molecule has 0 aliphatic heterocycles. The fourth-order valence-electron chi connectivity index (χ4n) is 2.92. The molecule has 0 saturated carbocycles. The van der Waals surface area contributed by atoms with Crippen LogP contribution in [0.1, 0.15) is 40.2 Å². The van der Waals surface area contributed by atoms with Crippen LogP contribution in [0.4, 0.5) is 26.3 Å². The van der Waals surface area contributed by atoms with Gasteiger partial charge in [0.1, 0.15) is 0 Å². The lowest BCUT2D eigenvalue weighted by molar-refractivity contribution is -0.173. The van der Waals surface area contributed by atoms with Gasteiger partial charge in [0, 0.05) is 23.0 Å². The van der Waals surface area contributed by atoms with E-state index in [1.54, 1.807) is 5.32 Å². The highest BCUT2D eigenvalue weighted by molar-refractivity contribution is 9.10. The number of carbonyl (C=O) groups is 2. The molecule has 35 heavy (non-hydrogen) atoms. The van der Waals surface area contributed by atoms with Gasteiger partial charge in [-0.1, -0.05) is 69.0 Å². The average Bonchev–Trinajstić information content (AvgIpc) is 2.73. The van der Waals surface area contributed by atoms with E-state index in [2.05, 4.69) is 15.9 Å². The zero-order valence-electron chi connectivity index (χ0n) is 17.3. The van der Waals surface area contributed by atoms with Gasteiger partial charge in [0.05, 0.1) is 21.0 Å².